The van der Waals surface area contributed by atoms with Crippen molar-refractivity contribution >= 4 is 0 Å². The number of halogens is 1. The Balaban J connectivity index is 1.96. The van der Waals surface area contributed by atoms with Gasteiger partial charge in [0.1, 0.15) is 11.6 Å². The number of nitrogens with zero attached hydrogens (tertiary/aromatic N) is 1. The maximum absolute atomic E-state index is 14.2. The van der Waals surface area contributed by atoms with E-state index in [-0.39, 0.29) is 11.9 Å². The molecule has 1 aliphatic heterocycles. The van der Waals surface area contributed by atoms with Crippen LogP contribution in [0, 0.1) is 5.82 Å². The van der Waals surface area contributed by atoms with Crippen LogP contribution in [-0.2, 0) is 6.54 Å². The molecule has 1 saturated carbocycles. The Bertz CT molecular complexity index is 471. The van der Waals surface area contributed by atoms with Crippen LogP contribution in [0.1, 0.15) is 42.9 Å². The summed E-state index contributed by atoms with van der Waals surface area (Å²) in [5.41, 5.74) is 7.77. The Morgan fingerprint density at radius 1 is 1.37 bits per heavy atom. The molecule has 1 heterocycles. The molecule has 1 atom stereocenters. The van der Waals surface area contributed by atoms with Gasteiger partial charge in [-0.15, -0.1) is 0 Å². The van der Waals surface area contributed by atoms with E-state index in [0.29, 0.717) is 24.9 Å². The van der Waals surface area contributed by atoms with E-state index >= 15 is 0 Å². The molecular weight excluding hydrogens is 243 g/mol. The molecule has 3 rings (SSSR count). The van der Waals surface area contributed by atoms with Crippen LogP contribution < -0.4 is 10.5 Å². The van der Waals surface area contributed by atoms with Gasteiger partial charge in [-0.2, -0.15) is 0 Å². The molecule has 1 aromatic carbocycles. The van der Waals surface area contributed by atoms with Crippen molar-refractivity contribution in [3.05, 3.63) is 29.1 Å². The molecule has 2 N–H and O–H groups in total. The second-order valence-corrected chi connectivity index (χ2v) is 5.54. The molecule has 2 aliphatic rings. The van der Waals surface area contributed by atoms with E-state index in [9.17, 15) is 4.39 Å². The Labute approximate surface area is 113 Å². The summed E-state index contributed by atoms with van der Waals surface area (Å²) in [6, 6.07) is 4.13. The van der Waals surface area contributed by atoms with Gasteiger partial charge in [-0.05, 0) is 24.5 Å². The number of fused-ring (bicyclic) bond motifs is 1. The Morgan fingerprint density at radius 3 is 2.74 bits per heavy atom. The third-order valence-corrected chi connectivity index (χ3v) is 4.56. The fraction of sp³-hybridized carbons (Fsp3) is 0.600. The molecule has 1 fully saturated rings. The lowest BCUT2D eigenvalue weighted by Gasteiger charge is -2.29. The number of hydrogen-bond acceptors (Lipinski definition) is 3. The lowest BCUT2D eigenvalue weighted by molar-refractivity contribution is 0.151. The van der Waals surface area contributed by atoms with Crippen LogP contribution in [0.25, 0.3) is 0 Å². The topological polar surface area (TPSA) is 38.5 Å². The molecule has 0 aromatic heterocycles. The summed E-state index contributed by atoms with van der Waals surface area (Å²) >= 11 is 0. The zero-order valence-electron chi connectivity index (χ0n) is 11.4. The van der Waals surface area contributed by atoms with Gasteiger partial charge in [0.15, 0.2) is 0 Å². The highest BCUT2D eigenvalue weighted by molar-refractivity contribution is 5.42. The molecule has 1 aromatic rings. The van der Waals surface area contributed by atoms with E-state index < -0.39 is 0 Å². The summed E-state index contributed by atoms with van der Waals surface area (Å²) in [6.07, 6.45) is 4.98. The van der Waals surface area contributed by atoms with Crippen LogP contribution >= 0.6 is 0 Å². The van der Waals surface area contributed by atoms with Crippen molar-refractivity contribution in [1.29, 1.82) is 0 Å². The number of ether oxygens (including phenoxy) is 1. The minimum absolute atomic E-state index is 0.141. The van der Waals surface area contributed by atoms with E-state index in [1.54, 1.807) is 7.11 Å². The van der Waals surface area contributed by atoms with Crippen LogP contribution in [-0.4, -0.2) is 24.6 Å². The zero-order chi connectivity index (χ0) is 13.4. The Hall–Kier alpha value is -1.13. The third kappa shape index (κ3) is 2.13. The van der Waals surface area contributed by atoms with Gasteiger partial charge in [-0.3, -0.25) is 4.90 Å². The minimum atomic E-state index is -0.159. The summed E-state index contributed by atoms with van der Waals surface area (Å²) in [5.74, 6) is 0.427. The van der Waals surface area contributed by atoms with Crippen LogP contribution in [0.2, 0.25) is 0 Å². The normalized spacial score (nSPS) is 23.8. The smallest absolute Gasteiger partial charge is 0.131 e. The second-order valence-electron chi connectivity index (χ2n) is 5.54. The molecule has 3 nitrogen and oxygen atoms in total. The van der Waals surface area contributed by atoms with Crippen molar-refractivity contribution in [1.82, 2.24) is 4.90 Å². The molecule has 1 unspecified atom stereocenters. The van der Waals surface area contributed by atoms with Crippen molar-refractivity contribution < 1.29 is 9.13 Å². The van der Waals surface area contributed by atoms with Crippen molar-refractivity contribution in [3.63, 3.8) is 0 Å². The molecule has 4 heteroatoms. The van der Waals surface area contributed by atoms with Gasteiger partial charge in [0.2, 0.25) is 0 Å². The molecule has 0 amide bonds. The van der Waals surface area contributed by atoms with Crippen LogP contribution in [0.15, 0.2) is 12.1 Å². The number of benzene rings is 1. The highest BCUT2D eigenvalue weighted by Crippen LogP contribution is 2.41. The lowest BCUT2D eigenvalue weighted by atomic mass is 10.0. The van der Waals surface area contributed by atoms with Crippen molar-refractivity contribution in [2.24, 2.45) is 5.73 Å². The number of methoxy groups -OCH3 is 1. The molecule has 0 saturated heterocycles. The predicted molar refractivity (Wildman–Crippen MR) is 72.5 cm³/mol. The SMILES string of the molecule is COc1cc(F)c2c(c1)C(CN)N(C1CCCC1)C2. The molecular formula is C15H21FN2O. The fourth-order valence-electron chi connectivity index (χ4n) is 3.57. The highest BCUT2D eigenvalue weighted by atomic mass is 19.1. The van der Waals surface area contributed by atoms with Crippen molar-refractivity contribution in [2.45, 2.75) is 44.3 Å². The first-order chi connectivity index (χ1) is 9.24. The van der Waals surface area contributed by atoms with Crippen LogP contribution in [0.3, 0.4) is 0 Å². The summed E-state index contributed by atoms with van der Waals surface area (Å²) < 4.78 is 19.3. The molecule has 0 spiro atoms. The maximum Gasteiger partial charge on any atom is 0.131 e. The van der Waals surface area contributed by atoms with E-state index in [2.05, 4.69) is 4.90 Å². The van der Waals surface area contributed by atoms with E-state index in [4.69, 9.17) is 10.5 Å². The Morgan fingerprint density at radius 2 is 2.11 bits per heavy atom. The first-order valence-corrected chi connectivity index (χ1v) is 7.06. The minimum Gasteiger partial charge on any atom is -0.497 e. The van der Waals surface area contributed by atoms with E-state index in [1.807, 2.05) is 6.07 Å². The largest absolute Gasteiger partial charge is 0.497 e. The van der Waals surface area contributed by atoms with Gasteiger partial charge < -0.3 is 10.5 Å². The lowest BCUT2D eigenvalue weighted by Crippen LogP contribution is -2.35. The monoisotopic (exact) mass is 264 g/mol. The number of hydrogen-bond donors (Lipinski definition) is 1. The molecule has 104 valence electrons. The summed E-state index contributed by atoms with van der Waals surface area (Å²) in [5, 5.41) is 0. The third-order valence-electron chi connectivity index (χ3n) is 4.56. The first kappa shape index (κ1) is 12.9. The van der Waals surface area contributed by atoms with Gasteiger partial charge in [-0.25, -0.2) is 4.39 Å². The highest BCUT2D eigenvalue weighted by Gasteiger charge is 2.37. The van der Waals surface area contributed by atoms with Crippen LogP contribution in [0.4, 0.5) is 4.39 Å². The average molecular weight is 264 g/mol. The van der Waals surface area contributed by atoms with E-state index in [1.165, 1.54) is 31.7 Å². The number of nitrogens with two attached hydrogens (primary N) is 1. The average Bonchev–Trinajstić information content (AvgIpc) is 3.04. The Kier molecular flexibility index (Phi) is 3.46. The van der Waals surface area contributed by atoms with Gasteiger partial charge in [0.05, 0.1) is 7.11 Å². The van der Waals surface area contributed by atoms with Crippen LogP contribution in [0.5, 0.6) is 5.75 Å². The fourth-order valence-corrected chi connectivity index (χ4v) is 3.57. The predicted octanol–water partition coefficient (Wildman–Crippen LogP) is 2.59. The molecule has 0 bridgehead atoms. The summed E-state index contributed by atoms with van der Waals surface area (Å²) in [6.45, 7) is 1.23. The molecule has 0 radical (unpaired) electrons. The van der Waals surface area contributed by atoms with Gasteiger partial charge in [0, 0.05) is 36.8 Å². The summed E-state index contributed by atoms with van der Waals surface area (Å²) in [7, 11) is 1.57. The van der Waals surface area contributed by atoms with Gasteiger partial charge in [-0.1, -0.05) is 12.8 Å². The van der Waals surface area contributed by atoms with Crippen molar-refractivity contribution in [2.75, 3.05) is 13.7 Å². The summed E-state index contributed by atoms with van der Waals surface area (Å²) in [4.78, 5) is 2.39. The van der Waals surface area contributed by atoms with Crippen molar-refractivity contribution in [3.8, 4) is 5.75 Å². The van der Waals surface area contributed by atoms with Gasteiger partial charge in [0.25, 0.3) is 0 Å². The second kappa shape index (κ2) is 5.10. The zero-order valence-corrected chi connectivity index (χ0v) is 11.4. The standard InChI is InChI=1S/C15H21FN2O/c1-19-11-6-12-13(14(16)7-11)9-18(15(12)8-17)10-4-2-3-5-10/h6-7,10,15H,2-5,8-9,17H2,1H3. The quantitative estimate of drug-likeness (QED) is 0.912. The molecule has 19 heavy (non-hydrogen) atoms. The number of rotatable bonds is 3. The first-order valence-electron chi connectivity index (χ1n) is 7.06. The van der Waals surface area contributed by atoms with Gasteiger partial charge >= 0.3 is 0 Å². The van der Waals surface area contributed by atoms with E-state index in [0.717, 1.165) is 11.1 Å². The molecule has 1 aliphatic carbocycles. The maximum atomic E-state index is 14.2.